The molecule has 0 spiro atoms. The van der Waals surface area contributed by atoms with Crippen LogP contribution in [0.25, 0.3) is 33.2 Å². The number of amides is 2. The average molecular weight is 593 g/mol. The second kappa shape index (κ2) is 12.1. The number of anilines is 2. The average Bonchev–Trinajstić information content (AvgIpc) is 3.58. The second-order valence-electron chi connectivity index (χ2n) is 9.95. The van der Waals surface area contributed by atoms with Gasteiger partial charge >= 0.3 is 0 Å². The zero-order valence-electron chi connectivity index (χ0n) is 23.0. The highest BCUT2D eigenvalue weighted by Crippen LogP contribution is 2.25. The summed E-state index contributed by atoms with van der Waals surface area (Å²) in [7, 11) is 0. The van der Waals surface area contributed by atoms with Crippen molar-refractivity contribution < 1.29 is 9.59 Å². The third-order valence-electron chi connectivity index (χ3n) is 6.58. The lowest BCUT2D eigenvalue weighted by Gasteiger charge is -2.08. The van der Waals surface area contributed by atoms with E-state index >= 15 is 0 Å². The van der Waals surface area contributed by atoms with Gasteiger partial charge in [-0.1, -0.05) is 59.9 Å². The molecule has 10 heteroatoms. The van der Waals surface area contributed by atoms with Crippen LogP contribution in [-0.2, 0) is 9.59 Å². The van der Waals surface area contributed by atoms with Crippen molar-refractivity contribution in [3.05, 3.63) is 96.1 Å². The minimum atomic E-state index is -0.0990. The summed E-state index contributed by atoms with van der Waals surface area (Å²) in [5.41, 5.74) is 9.51. The van der Waals surface area contributed by atoms with Gasteiger partial charge in [0.15, 0.2) is 10.3 Å². The van der Waals surface area contributed by atoms with Gasteiger partial charge in [-0.3, -0.25) is 9.59 Å². The molecule has 0 unspecified atom stereocenters. The van der Waals surface area contributed by atoms with Crippen molar-refractivity contribution in [2.24, 2.45) is 0 Å². The van der Waals surface area contributed by atoms with Crippen LogP contribution in [0.15, 0.2) is 95.2 Å². The molecule has 4 aromatic carbocycles. The van der Waals surface area contributed by atoms with Crippen molar-refractivity contribution in [2.45, 2.75) is 24.2 Å². The molecule has 0 aliphatic heterocycles. The third kappa shape index (κ3) is 6.67. The van der Waals surface area contributed by atoms with Crippen molar-refractivity contribution in [1.29, 1.82) is 0 Å². The fraction of sp³-hybridized carbons (Fsp3) is 0.125. The highest BCUT2D eigenvalue weighted by atomic mass is 32.2. The summed E-state index contributed by atoms with van der Waals surface area (Å²) in [6.07, 6.45) is 0. The summed E-state index contributed by atoms with van der Waals surface area (Å²) >= 11 is 2.75. The van der Waals surface area contributed by atoms with Gasteiger partial charge in [0.2, 0.25) is 11.8 Å². The maximum absolute atomic E-state index is 12.5. The molecule has 0 aliphatic carbocycles. The van der Waals surface area contributed by atoms with Crippen molar-refractivity contribution in [3.8, 4) is 11.1 Å². The summed E-state index contributed by atoms with van der Waals surface area (Å²) in [6, 6.07) is 27.5. The van der Waals surface area contributed by atoms with E-state index in [4.69, 9.17) is 0 Å². The molecule has 0 saturated heterocycles. The molecular formula is C32H28N6O2S2. The molecule has 42 heavy (non-hydrogen) atoms. The predicted octanol–water partition coefficient (Wildman–Crippen LogP) is 7.18. The first-order valence-electron chi connectivity index (χ1n) is 13.4. The quantitative estimate of drug-likeness (QED) is 0.132. The molecule has 2 amide bonds. The van der Waals surface area contributed by atoms with Gasteiger partial charge in [-0.05, 0) is 84.6 Å². The molecule has 0 radical (unpaired) electrons. The molecule has 2 heterocycles. The van der Waals surface area contributed by atoms with Crippen LogP contribution in [0.3, 0.4) is 0 Å². The van der Waals surface area contributed by atoms with E-state index in [1.54, 1.807) is 0 Å². The Hall–Kier alpha value is -4.54. The van der Waals surface area contributed by atoms with Crippen LogP contribution < -0.4 is 10.6 Å². The van der Waals surface area contributed by atoms with Gasteiger partial charge in [0, 0.05) is 11.4 Å². The van der Waals surface area contributed by atoms with E-state index in [9.17, 15) is 9.59 Å². The number of carbonyl (C=O) groups is 2. The van der Waals surface area contributed by atoms with Gasteiger partial charge in [-0.15, -0.1) is 0 Å². The van der Waals surface area contributed by atoms with Gasteiger partial charge in [0.05, 0.1) is 33.6 Å². The Morgan fingerprint density at radius 3 is 1.43 bits per heavy atom. The highest BCUT2D eigenvalue weighted by molar-refractivity contribution is 8.00. The van der Waals surface area contributed by atoms with Gasteiger partial charge < -0.3 is 20.6 Å². The second-order valence-corrected chi connectivity index (χ2v) is 11.9. The number of fused-ring (bicyclic) bond motifs is 2. The first-order chi connectivity index (χ1) is 20.4. The predicted molar refractivity (Wildman–Crippen MR) is 172 cm³/mol. The van der Waals surface area contributed by atoms with Crippen LogP contribution in [0.1, 0.15) is 11.1 Å². The van der Waals surface area contributed by atoms with E-state index in [1.165, 1.54) is 23.5 Å². The number of hydrogen-bond acceptors (Lipinski definition) is 6. The number of nitrogens with zero attached hydrogens (tertiary/aromatic N) is 2. The summed E-state index contributed by atoms with van der Waals surface area (Å²) in [6.45, 7) is 4.07. The minimum absolute atomic E-state index is 0.0990. The van der Waals surface area contributed by atoms with Gasteiger partial charge in [0.25, 0.3) is 0 Å². The molecule has 0 bridgehead atoms. The van der Waals surface area contributed by atoms with Crippen LogP contribution in [0.4, 0.5) is 11.4 Å². The maximum Gasteiger partial charge on any atom is 0.234 e. The standard InChI is InChI=1S/C32H28N6O2S2/c1-19-3-13-25-27(15-19)37-31(35-25)41-17-29(39)33-23-9-5-21(6-10-23)22-7-11-24(12-8-22)34-30(40)18-42-32-36-26-14-4-20(2)16-28(26)38-32/h3-16H,17-18H2,1-2H3,(H,33,39)(H,34,40)(H,35,37)(H,36,38). The Balaban J connectivity index is 0.980. The Kier molecular flexibility index (Phi) is 7.98. The molecule has 0 aliphatic rings. The summed E-state index contributed by atoms with van der Waals surface area (Å²) < 4.78 is 0. The van der Waals surface area contributed by atoms with Crippen LogP contribution >= 0.6 is 23.5 Å². The number of benzene rings is 4. The SMILES string of the molecule is Cc1ccc2nc(SCC(=O)Nc3ccc(-c4ccc(NC(=O)CSc5nc6ccc(C)cc6[nH]5)cc4)cc3)[nH]c2c1. The van der Waals surface area contributed by atoms with E-state index in [0.717, 1.165) is 66.0 Å². The monoisotopic (exact) mass is 592 g/mol. The molecule has 210 valence electrons. The number of aryl methyl sites for hydroxylation is 2. The topological polar surface area (TPSA) is 116 Å². The fourth-order valence-corrected chi connectivity index (χ4v) is 5.86. The molecule has 0 saturated carbocycles. The Labute approximate surface area is 251 Å². The smallest absolute Gasteiger partial charge is 0.234 e. The van der Waals surface area contributed by atoms with Crippen molar-refractivity contribution in [2.75, 3.05) is 22.1 Å². The van der Waals surface area contributed by atoms with Crippen molar-refractivity contribution in [3.63, 3.8) is 0 Å². The van der Waals surface area contributed by atoms with Gasteiger partial charge in [-0.2, -0.15) is 0 Å². The molecule has 4 N–H and O–H groups in total. The molecule has 6 aromatic rings. The van der Waals surface area contributed by atoms with E-state index in [1.807, 2.05) is 98.8 Å². The number of H-pyrrole nitrogens is 2. The zero-order valence-corrected chi connectivity index (χ0v) is 24.7. The lowest BCUT2D eigenvalue weighted by Crippen LogP contribution is -2.14. The molecule has 0 atom stereocenters. The number of aromatic amines is 2. The molecule has 2 aromatic heterocycles. The molecule has 8 nitrogen and oxygen atoms in total. The number of imidazole rings is 2. The van der Waals surface area contributed by atoms with E-state index in [2.05, 4.69) is 30.6 Å². The van der Waals surface area contributed by atoms with Crippen LogP contribution in [0.5, 0.6) is 0 Å². The Morgan fingerprint density at radius 2 is 1.02 bits per heavy atom. The summed E-state index contributed by atoms with van der Waals surface area (Å²) in [5, 5.41) is 7.33. The lowest BCUT2D eigenvalue weighted by atomic mass is 10.0. The van der Waals surface area contributed by atoms with Crippen LogP contribution in [0.2, 0.25) is 0 Å². The van der Waals surface area contributed by atoms with Crippen LogP contribution in [-0.4, -0.2) is 43.3 Å². The number of thioether (sulfide) groups is 2. The minimum Gasteiger partial charge on any atom is -0.333 e. The normalized spacial score (nSPS) is 11.2. The lowest BCUT2D eigenvalue weighted by molar-refractivity contribution is -0.114. The maximum atomic E-state index is 12.5. The Morgan fingerprint density at radius 1 is 0.619 bits per heavy atom. The number of hydrogen-bond donors (Lipinski definition) is 4. The zero-order chi connectivity index (χ0) is 29.1. The fourth-order valence-electron chi connectivity index (χ4n) is 4.49. The number of aromatic nitrogens is 4. The van der Waals surface area contributed by atoms with E-state index < -0.39 is 0 Å². The molecular weight excluding hydrogens is 565 g/mol. The first kappa shape index (κ1) is 27.6. The van der Waals surface area contributed by atoms with Crippen LogP contribution in [0, 0.1) is 13.8 Å². The van der Waals surface area contributed by atoms with E-state index in [0.29, 0.717) is 0 Å². The van der Waals surface area contributed by atoms with Crippen molar-refractivity contribution in [1.82, 2.24) is 19.9 Å². The Bertz CT molecular complexity index is 1760. The first-order valence-corrected chi connectivity index (χ1v) is 15.3. The third-order valence-corrected chi connectivity index (χ3v) is 8.33. The number of rotatable bonds is 9. The largest absolute Gasteiger partial charge is 0.333 e. The summed E-state index contributed by atoms with van der Waals surface area (Å²) in [4.78, 5) is 40.6. The summed E-state index contributed by atoms with van der Waals surface area (Å²) in [5.74, 6) is 0.310. The number of carbonyl (C=O) groups excluding carboxylic acids is 2. The van der Waals surface area contributed by atoms with Gasteiger partial charge in [-0.25, -0.2) is 9.97 Å². The highest BCUT2D eigenvalue weighted by Gasteiger charge is 2.10. The number of nitrogens with one attached hydrogen (secondary N) is 4. The van der Waals surface area contributed by atoms with E-state index in [-0.39, 0.29) is 23.3 Å². The van der Waals surface area contributed by atoms with Gasteiger partial charge in [0.1, 0.15) is 0 Å². The molecule has 0 fully saturated rings. The molecule has 6 rings (SSSR count). The van der Waals surface area contributed by atoms with Crippen molar-refractivity contribution >= 4 is 68.8 Å².